The summed E-state index contributed by atoms with van der Waals surface area (Å²) in [7, 11) is 0. The van der Waals surface area contributed by atoms with Crippen LogP contribution >= 0.6 is 11.8 Å². The predicted octanol–water partition coefficient (Wildman–Crippen LogP) is 4.13. The minimum Gasteiger partial charge on any atom is -0.307 e. The van der Waals surface area contributed by atoms with Crippen LogP contribution < -0.4 is 0 Å². The van der Waals surface area contributed by atoms with Gasteiger partial charge >= 0.3 is 0 Å². The Bertz CT molecular complexity index is 934. The standard InChI is InChI=1S/C18H18N4S/c1-11-6-5-7-22-9-15(21-17(11)22)10-23-18-16(8-19)13(3)12(2)14(4)20-18/h5-7,9H,10H2,1-4H3. The molecule has 3 aromatic rings. The molecule has 3 rings (SSSR count). The fraction of sp³-hybridized carbons (Fsp3) is 0.278. The van der Waals surface area contributed by atoms with E-state index < -0.39 is 0 Å². The SMILES string of the molecule is Cc1nc(SCc2cn3cccc(C)c3n2)c(C#N)c(C)c1C. The van der Waals surface area contributed by atoms with Crippen LogP contribution in [0.5, 0.6) is 0 Å². The Kier molecular flexibility index (Phi) is 4.10. The molecule has 0 saturated carbocycles. The van der Waals surface area contributed by atoms with Gasteiger partial charge in [-0.15, -0.1) is 0 Å². The van der Waals surface area contributed by atoms with E-state index in [9.17, 15) is 5.26 Å². The zero-order valence-corrected chi connectivity index (χ0v) is 14.5. The van der Waals surface area contributed by atoms with E-state index in [2.05, 4.69) is 29.0 Å². The number of hydrogen-bond donors (Lipinski definition) is 0. The first-order chi connectivity index (χ1) is 11.0. The lowest BCUT2D eigenvalue weighted by Gasteiger charge is -2.10. The van der Waals surface area contributed by atoms with Gasteiger partial charge in [-0.25, -0.2) is 9.97 Å². The molecule has 0 aliphatic rings. The fourth-order valence-corrected chi connectivity index (χ4v) is 3.53. The van der Waals surface area contributed by atoms with E-state index in [0.29, 0.717) is 11.3 Å². The molecule has 0 unspecified atom stereocenters. The summed E-state index contributed by atoms with van der Waals surface area (Å²) in [4.78, 5) is 9.27. The summed E-state index contributed by atoms with van der Waals surface area (Å²) < 4.78 is 2.04. The van der Waals surface area contributed by atoms with Crippen molar-refractivity contribution in [2.45, 2.75) is 38.5 Å². The van der Waals surface area contributed by atoms with E-state index in [4.69, 9.17) is 0 Å². The van der Waals surface area contributed by atoms with E-state index in [1.807, 2.05) is 43.6 Å². The van der Waals surface area contributed by atoms with E-state index >= 15 is 0 Å². The van der Waals surface area contributed by atoms with Crippen LogP contribution in [0.25, 0.3) is 5.65 Å². The van der Waals surface area contributed by atoms with Crippen LogP contribution in [0, 0.1) is 39.0 Å². The van der Waals surface area contributed by atoms with Gasteiger partial charge in [-0.1, -0.05) is 17.8 Å². The maximum Gasteiger partial charge on any atom is 0.139 e. The first-order valence-electron chi connectivity index (χ1n) is 7.45. The lowest BCUT2D eigenvalue weighted by atomic mass is 10.1. The molecule has 0 aliphatic heterocycles. The van der Waals surface area contributed by atoms with Gasteiger partial charge < -0.3 is 4.40 Å². The maximum atomic E-state index is 9.44. The lowest BCUT2D eigenvalue weighted by molar-refractivity contribution is 0.997. The number of hydrogen-bond acceptors (Lipinski definition) is 4. The highest BCUT2D eigenvalue weighted by molar-refractivity contribution is 7.98. The molecule has 0 saturated heterocycles. The van der Waals surface area contributed by atoms with Gasteiger partial charge in [0.1, 0.15) is 16.7 Å². The van der Waals surface area contributed by atoms with Crippen LogP contribution in [-0.2, 0) is 5.75 Å². The molecule has 0 bridgehead atoms. The monoisotopic (exact) mass is 322 g/mol. The van der Waals surface area contributed by atoms with Crippen molar-refractivity contribution in [1.82, 2.24) is 14.4 Å². The number of aryl methyl sites for hydroxylation is 2. The second-order valence-corrected chi connectivity index (χ2v) is 6.65. The molecule has 3 heterocycles. The van der Waals surface area contributed by atoms with Crippen LogP contribution in [0.2, 0.25) is 0 Å². The van der Waals surface area contributed by atoms with Gasteiger partial charge in [0.15, 0.2) is 0 Å². The Balaban J connectivity index is 1.91. The van der Waals surface area contributed by atoms with Crippen molar-refractivity contribution >= 4 is 17.4 Å². The largest absolute Gasteiger partial charge is 0.307 e. The van der Waals surface area contributed by atoms with Gasteiger partial charge in [0, 0.05) is 23.8 Å². The van der Waals surface area contributed by atoms with Gasteiger partial charge in [0.2, 0.25) is 0 Å². The van der Waals surface area contributed by atoms with Gasteiger partial charge in [-0.3, -0.25) is 0 Å². The predicted molar refractivity (Wildman–Crippen MR) is 92.7 cm³/mol. The van der Waals surface area contributed by atoms with Gasteiger partial charge in [-0.05, 0) is 50.5 Å². The minimum absolute atomic E-state index is 0.679. The molecule has 0 N–H and O–H groups in total. The highest BCUT2D eigenvalue weighted by atomic mass is 32.2. The van der Waals surface area contributed by atoms with E-state index in [1.54, 1.807) is 11.8 Å². The Labute approximate surface area is 140 Å². The number of thioether (sulfide) groups is 1. The molecule has 0 spiro atoms. The first-order valence-corrected chi connectivity index (χ1v) is 8.43. The van der Waals surface area contributed by atoms with Crippen LogP contribution in [-0.4, -0.2) is 14.4 Å². The molecule has 0 atom stereocenters. The molecule has 4 nitrogen and oxygen atoms in total. The summed E-state index contributed by atoms with van der Waals surface area (Å²) in [6.07, 6.45) is 4.04. The zero-order valence-electron chi connectivity index (χ0n) is 13.7. The average Bonchev–Trinajstić information content (AvgIpc) is 2.95. The lowest BCUT2D eigenvalue weighted by Crippen LogP contribution is -1.99. The molecule has 0 fully saturated rings. The molecule has 0 amide bonds. The van der Waals surface area contributed by atoms with E-state index in [0.717, 1.165) is 38.8 Å². The van der Waals surface area contributed by atoms with Crippen LogP contribution in [0.3, 0.4) is 0 Å². The molecule has 116 valence electrons. The Morgan fingerprint density at radius 3 is 2.65 bits per heavy atom. The number of rotatable bonds is 3. The summed E-state index contributed by atoms with van der Waals surface area (Å²) in [5.41, 5.74) is 6.90. The summed E-state index contributed by atoms with van der Waals surface area (Å²) in [6.45, 7) is 8.04. The van der Waals surface area contributed by atoms with Gasteiger partial charge in [0.25, 0.3) is 0 Å². The maximum absolute atomic E-state index is 9.44. The van der Waals surface area contributed by atoms with Crippen molar-refractivity contribution < 1.29 is 0 Å². The van der Waals surface area contributed by atoms with Crippen molar-refractivity contribution in [2.24, 2.45) is 0 Å². The normalized spacial score (nSPS) is 10.9. The first kappa shape index (κ1) is 15.6. The fourth-order valence-electron chi connectivity index (χ4n) is 2.56. The van der Waals surface area contributed by atoms with Crippen LogP contribution in [0.15, 0.2) is 29.6 Å². The average molecular weight is 322 g/mol. The summed E-state index contributed by atoms with van der Waals surface area (Å²) in [6, 6.07) is 6.37. The number of pyridine rings is 2. The Morgan fingerprint density at radius 2 is 1.96 bits per heavy atom. The summed E-state index contributed by atoms with van der Waals surface area (Å²) in [5, 5.41) is 10.2. The molecule has 23 heavy (non-hydrogen) atoms. The van der Waals surface area contributed by atoms with Crippen molar-refractivity contribution in [3.63, 3.8) is 0 Å². The van der Waals surface area contributed by atoms with Crippen molar-refractivity contribution in [3.05, 3.63) is 58.2 Å². The molecule has 5 heteroatoms. The molecular formula is C18H18N4S. The molecule has 3 aromatic heterocycles. The smallest absolute Gasteiger partial charge is 0.139 e. The van der Waals surface area contributed by atoms with E-state index in [-0.39, 0.29) is 0 Å². The Hall–Kier alpha value is -2.32. The topological polar surface area (TPSA) is 54.0 Å². The highest BCUT2D eigenvalue weighted by Gasteiger charge is 2.13. The zero-order chi connectivity index (χ0) is 16.6. The Morgan fingerprint density at radius 1 is 1.17 bits per heavy atom. The highest BCUT2D eigenvalue weighted by Crippen LogP contribution is 2.28. The molecule has 0 aliphatic carbocycles. The summed E-state index contributed by atoms with van der Waals surface area (Å²) in [5.74, 6) is 0.699. The van der Waals surface area contributed by atoms with Crippen molar-refractivity contribution in [3.8, 4) is 6.07 Å². The second kappa shape index (κ2) is 6.05. The third-order valence-electron chi connectivity index (χ3n) is 4.16. The van der Waals surface area contributed by atoms with Crippen LogP contribution in [0.1, 0.15) is 33.6 Å². The van der Waals surface area contributed by atoms with E-state index in [1.165, 1.54) is 0 Å². The van der Waals surface area contributed by atoms with Crippen molar-refractivity contribution in [2.75, 3.05) is 0 Å². The summed E-state index contributed by atoms with van der Waals surface area (Å²) >= 11 is 1.57. The molecule has 0 radical (unpaired) electrons. The van der Waals surface area contributed by atoms with Gasteiger partial charge in [-0.2, -0.15) is 5.26 Å². The number of imidazole rings is 1. The third kappa shape index (κ3) is 2.82. The molecule has 0 aromatic carbocycles. The number of nitrogens with zero attached hydrogens (tertiary/aromatic N) is 4. The molecular weight excluding hydrogens is 304 g/mol. The number of nitriles is 1. The quantitative estimate of drug-likeness (QED) is 0.680. The second-order valence-electron chi connectivity index (χ2n) is 5.68. The number of fused-ring (bicyclic) bond motifs is 1. The minimum atomic E-state index is 0.679. The number of aromatic nitrogens is 3. The van der Waals surface area contributed by atoms with Gasteiger partial charge in [0.05, 0.1) is 11.3 Å². The third-order valence-corrected chi connectivity index (χ3v) is 5.17. The van der Waals surface area contributed by atoms with Crippen molar-refractivity contribution in [1.29, 1.82) is 5.26 Å². The van der Waals surface area contributed by atoms with Crippen LogP contribution in [0.4, 0.5) is 0 Å².